The first kappa shape index (κ1) is 15.0. The van der Waals surface area contributed by atoms with E-state index in [-0.39, 0.29) is 17.8 Å². The molecule has 20 heavy (non-hydrogen) atoms. The summed E-state index contributed by atoms with van der Waals surface area (Å²) in [4.78, 5) is 4.02. The zero-order valence-electron chi connectivity index (χ0n) is 12.4. The van der Waals surface area contributed by atoms with Crippen molar-refractivity contribution in [1.29, 1.82) is 0 Å². The minimum Gasteiger partial charge on any atom is -0.400 e. The van der Waals surface area contributed by atoms with Gasteiger partial charge in [-0.05, 0) is 44.9 Å². The van der Waals surface area contributed by atoms with E-state index in [2.05, 4.69) is 4.98 Å². The third-order valence-corrected chi connectivity index (χ3v) is 3.92. The van der Waals surface area contributed by atoms with Crippen molar-refractivity contribution in [3.8, 4) is 0 Å². The van der Waals surface area contributed by atoms with Gasteiger partial charge in [-0.25, -0.2) is 4.98 Å². The minimum atomic E-state index is -0.413. The van der Waals surface area contributed by atoms with Crippen LogP contribution in [0.4, 0.5) is 5.82 Å². The molecule has 6 heteroatoms. The molecule has 0 amide bonds. The zero-order chi connectivity index (χ0) is 15.0. The van der Waals surface area contributed by atoms with Crippen molar-refractivity contribution in [3.63, 3.8) is 0 Å². The number of hydrogen-bond donors (Lipinski definition) is 2. The Morgan fingerprint density at radius 3 is 2.45 bits per heavy atom. The fourth-order valence-electron chi connectivity index (χ4n) is 1.96. The normalized spacial score (nSPS) is 20.8. The van der Waals surface area contributed by atoms with Crippen LogP contribution < -0.4 is 5.73 Å². The molecule has 1 aromatic rings. The lowest BCUT2D eigenvalue weighted by Crippen LogP contribution is -2.41. The number of nitrogens with two attached hydrogens (primary N) is 1. The van der Waals surface area contributed by atoms with Crippen LogP contribution >= 0.6 is 0 Å². The van der Waals surface area contributed by atoms with Gasteiger partial charge in [-0.15, -0.1) is 0 Å². The molecule has 0 spiro atoms. The standard InChI is InChI=1S/C14H21BN2O3/c1-13(2)14(3,4)20-15(19-13)6-5-10-8-17-12(16)7-11(10)9-18/h5-8,18H,9H2,1-4H3,(H2,16,17)/b6-5+. The van der Waals surface area contributed by atoms with Crippen molar-refractivity contribution >= 4 is 19.0 Å². The van der Waals surface area contributed by atoms with E-state index >= 15 is 0 Å². The third-order valence-electron chi connectivity index (χ3n) is 3.92. The van der Waals surface area contributed by atoms with Gasteiger partial charge in [0.1, 0.15) is 5.82 Å². The summed E-state index contributed by atoms with van der Waals surface area (Å²) in [5.74, 6) is 2.21. The second-order valence-corrected chi connectivity index (χ2v) is 5.95. The van der Waals surface area contributed by atoms with Crippen LogP contribution in [0.1, 0.15) is 38.8 Å². The smallest absolute Gasteiger partial charge is 0.400 e. The molecule has 1 fully saturated rings. The molecule has 3 N–H and O–H groups in total. The lowest BCUT2D eigenvalue weighted by Gasteiger charge is -2.32. The largest absolute Gasteiger partial charge is 0.487 e. The third kappa shape index (κ3) is 2.87. The maximum absolute atomic E-state index is 9.32. The number of pyridine rings is 1. The summed E-state index contributed by atoms with van der Waals surface area (Å²) in [5.41, 5.74) is 6.41. The highest BCUT2D eigenvalue weighted by molar-refractivity contribution is 6.52. The van der Waals surface area contributed by atoms with Gasteiger partial charge in [-0.1, -0.05) is 12.1 Å². The Morgan fingerprint density at radius 2 is 1.90 bits per heavy atom. The first-order chi connectivity index (χ1) is 9.25. The molecule has 108 valence electrons. The SMILES string of the molecule is CC1(C)OB(/C=C/c2cnc(N)cc2CO)OC1(C)C. The fourth-order valence-corrected chi connectivity index (χ4v) is 1.96. The van der Waals surface area contributed by atoms with Gasteiger partial charge in [-0.3, -0.25) is 0 Å². The second kappa shape index (κ2) is 5.20. The van der Waals surface area contributed by atoms with Crippen LogP contribution in [0.3, 0.4) is 0 Å². The van der Waals surface area contributed by atoms with Crippen LogP contribution in [-0.2, 0) is 15.9 Å². The maximum Gasteiger partial charge on any atom is 0.487 e. The number of rotatable bonds is 3. The van der Waals surface area contributed by atoms with Gasteiger partial charge >= 0.3 is 7.12 Å². The van der Waals surface area contributed by atoms with Gasteiger partial charge in [0.15, 0.2) is 0 Å². The molecule has 0 saturated carbocycles. The topological polar surface area (TPSA) is 77.6 Å². The molecule has 1 aromatic heterocycles. The Balaban J connectivity index is 2.16. The quantitative estimate of drug-likeness (QED) is 0.823. The van der Waals surface area contributed by atoms with E-state index in [1.807, 2.05) is 39.7 Å². The molecule has 0 bridgehead atoms. The molecule has 0 unspecified atom stereocenters. The predicted octanol–water partition coefficient (Wildman–Crippen LogP) is 1.80. The zero-order valence-corrected chi connectivity index (χ0v) is 12.4. The van der Waals surface area contributed by atoms with Gasteiger partial charge in [0.25, 0.3) is 0 Å². The highest BCUT2D eigenvalue weighted by Crippen LogP contribution is 2.37. The number of anilines is 1. The van der Waals surface area contributed by atoms with Crippen LogP contribution in [0.2, 0.25) is 0 Å². The molecule has 5 nitrogen and oxygen atoms in total. The average molecular weight is 276 g/mol. The van der Waals surface area contributed by atoms with Crippen LogP contribution in [0.15, 0.2) is 18.2 Å². The first-order valence-electron chi connectivity index (χ1n) is 6.64. The van der Waals surface area contributed by atoms with E-state index in [1.165, 1.54) is 0 Å². The van der Waals surface area contributed by atoms with Crippen LogP contribution in [0.25, 0.3) is 6.08 Å². The molecule has 1 aliphatic rings. The lowest BCUT2D eigenvalue weighted by molar-refractivity contribution is 0.00578. The number of aliphatic hydroxyl groups is 1. The first-order valence-corrected chi connectivity index (χ1v) is 6.64. The molecule has 0 aromatic carbocycles. The fraction of sp³-hybridized carbons (Fsp3) is 0.500. The van der Waals surface area contributed by atoms with Crippen molar-refractivity contribution in [2.45, 2.75) is 45.5 Å². The molecule has 1 aliphatic heterocycles. The predicted molar refractivity (Wildman–Crippen MR) is 79.7 cm³/mol. The number of aromatic nitrogens is 1. The monoisotopic (exact) mass is 276 g/mol. The highest BCUT2D eigenvalue weighted by atomic mass is 16.7. The summed E-state index contributed by atoms with van der Waals surface area (Å²) < 4.78 is 11.7. The summed E-state index contributed by atoms with van der Waals surface area (Å²) in [6, 6.07) is 1.66. The van der Waals surface area contributed by atoms with Crippen molar-refractivity contribution in [2.75, 3.05) is 5.73 Å². The van der Waals surface area contributed by atoms with Gasteiger partial charge in [-0.2, -0.15) is 0 Å². The Labute approximate surface area is 119 Å². The van der Waals surface area contributed by atoms with E-state index in [9.17, 15) is 5.11 Å². The number of nitrogens with zero attached hydrogens (tertiary/aromatic N) is 1. The average Bonchev–Trinajstić information content (AvgIpc) is 2.56. The molecular weight excluding hydrogens is 255 g/mol. The number of aliphatic hydroxyl groups excluding tert-OH is 1. The molecule has 0 radical (unpaired) electrons. The summed E-state index contributed by atoms with van der Waals surface area (Å²) in [7, 11) is -0.413. The van der Waals surface area contributed by atoms with E-state index < -0.39 is 7.12 Å². The molecule has 0 aliphatic carbocycles. The molecule has 2 rings (SSSR count). The molecule has 0 atom stereocenters. The minimum absolute atomic E-state index is 0.0875. The maximum atomic E-state index is 9.32. The van der Waals surface area contributed by atoms with Crippen LogP contribution in [-0.4, -0.2) is 28.4 Å². The van der Waals surface area contributed by atoms with Gasteiger partial charge < -0.3 is 20.1 Å². The van der Waals surface area contributed by atoms with Crippen LogP contribution in [0, 0.1) is 0 Å². The van der Waals surface area contributed by atoms with E-state index in [0.29, 0.717) is 5.82 Å². The van der Waals surface area contributed by atoms with Crippen molar-refractivity contribution in [1.82, 2.24) is 4.98 Å². The summed E-state index contributed by atoms with van der Waals surface area (Å²) in [6.07, 6.45) is 3.46. The molecule has 1 saturated heterocycles. The van der Waals surface area contributed by atoms with Gasteiger partial charge in [0.2, 0.25) is 0 Å². The molecule has 2 heterocycles. The Kier molecular flexibility index (Phi) is 3.91. The summed E-state index contributed by atoms with van der Waals surface area (Å²) in [5, 5.41) is 9.32. The van der Waals surface area contributed by atoms with Gasteiger partial charge in [0.05, 0.1) is 17.8 Å². The van der Waals surface area contributed by atoms with Gasteiger partial charge in [0, 0.05) is 6.20 Å². The van der Waals surface area contributed by atoms with Crippen molar-refractivity contribution in [3.05, 3.63) is 29.4 Å². The summed E-state index contributed by atoms with van der Waals surface area (Å²) in [6.45, 7) is 7.93. The Hall–Kier alpha value is -1.37. The van der Waals surface area contributed by atoms with Crippen molar-refractivity contribution in [2.24, 2.45) is 0 Å². The highest BCUT2D eigenvalue weighted by Gasteiger charge is 2.49. The Bertz CT molecular complexity index is 513. The number of hydrogen-bond acceptors (Lipinski definition) is 5. The Morgan fingerprint density at radius 1 is 1.30 bits per heavy atom. The second-order valence-electron chi connectivity index (χ2n) is 5.95. The van der Waals surface area contributed by atoms with E-state index in [0.717, 1.165) is 11.1 Å². The van der Waals surface area contributed by atoms with E-state index in [4.69, 9.17) is 15.0 Å². The molecular formula is C14H21BN2O3. The van der Waals surface area contributed by atoms with Crippen LogP contribution in [0.5, 0.6) is 0 Å². The van der Waals surface area contributed by atoms with E-state index in [1.54, 1.807) is 12.3 Å². The number of nitrogen functional groups attached to an aromatic ring is 1. The lowest BCUT2D eigenvalue weighted by atomic mass is 9.89. The van der Waals surface area contributed by atoms with Crippen molar-refractivity contribution < 1.29 is 14.4 Å². The summed E-state index contributed by atoms with van der Waals surface area (Å²) >= 11 is 0.